The molecule has 0 saturated heterocycles. The molecule has 3 aliphatic rings. The lowest BCUT2D eigenvalue weighted by molar-refractivity contribution is 0.307. The van der Waals surface area contributed by atoms with Gasteiger partial charge in [-0.3, -0.25) is 0 Å². The highest BCUT2D eigenvalue weighted by molar-refractivity contribution is 5.72. The van der Waals surface area contributed by atoms with E-state index in [9.17, 15) is 0 Å². The van der Waals surface area contributed by atoms with Gasteiger partial charge in [-0.15, -0.1) is 20.4 Å². The van der Waals surface area contributed by atoms with Gasteiger partial charge in [-0.25, -0.2) is 0 Å². The van der Waals surface area contributed by atoms with Crippen LogP contribution >= 0.6 is 0 Å². The van der Waals surface area contributed by atoms with Gasteiger partial charge in [0.25, 0.3) is 0 Å². The van der Waals surface area contributed by atoms with Crippen LogP contribution in [0.15, 0.2) is 14.9 Å². The Kier molecular flexibility index (Phi) is 2.28. The molecule has 6 nitrogen and oxygen atoms in total. The van der Waals surface area contributed by atoms with Gasteiger partial charge in [-0.05, 0) is 28.6 Å². The summed E-state index contributed by atoms with van der Waals surface area (Å²) in [4.78, 5) is 0. The fourth-order valence-electron chi connectivity index (χ4n) is 5.75. The standard InChI is InChI=1S/C18H22N4O2/c1-8-19-21-14(23-8)10-7-11-17(5,6)18(11,13-12(10)16(13,3)4)15-22-20-9(2)24-15/h7,11-13H,1-6H3/t11-,12+,13-,18+/m0/s1. The molecule has 2 fully saturated rings. The van der Waals surface area contributed by atoms with Crippen molar-refractivity contribution in [3.05, 3.63) is 29.6 Å². The highest BCUT2D eigenvalue weighted by atomic mass is 16.4. The van der Waals surface area contributed by atoms with Gasteiger partial charge in [0.15, 0.2) is 0 Å². The van der Waals surface area contributed by atoms with E-state index in [1.165, 1.54) is 5.57 Å². The van der Waals surface area contributed by atoms with Gasteiger partial charge in [0.1, 0.15) is 0 Å². The van der Waals surface area contributed by atoms with Crippen molar-refractivity contribution in [1.29, 1.82) is 0 Å². The lowest BCUT2D eigenvalue weighted by atomic mass is 9.84. The van der Waals surface area contributed by atoms with E-state index in [2.05, 4.69) is 54.2 Å². The van der Waals surface area contributed by atoms with Gasteiger partial charge in [-0.1, -0.05) is 33.8 Å². The van der Waals surface area contributed by atoms with E-state index in [1.807, 2.05) is 13.8 Å². The number of aryl methyl sites for hydroxylation is 2. The molecule has 3 aliphatic carbocycles. The number of fused-ring (bicyclic) bond motifs is 3. The molecule has 0 bridgehead atoms. The summed E-state index contributed by atoms with van der Waals surface area (Å²) in [5.41, 5.74) is 1.37. The molecule has 126 valence electrons. The summed E-state index contributed by atoms with van der Waals surface area (Å²) < 4.78 is 11.7. The second-order valence-corrected chi connectivity index (χ2v) is 8.72. The molecule has 0 amide bonds. The highest BCUT2D eigenvalue weighted by Gasteiger charge is 2.87. The Labute approximate surface area is 140 Å². The molecule has 0 aromatic carbocycles. The second-order valence-electron chi connectivity index (χ2n) is 8.72. The zero-order chi connectivity index (χ0) is 17.1. The van der Waals surface area contributed by atoms with Crippen LogP contribution in [-0.4, -0.2) is 20.4 Å². The van der Waals surface area contributed by atoms with Gasteiger partial charge >= 0.3 is 0 Å². The molecule has 2 heterocycles. The number of nitrogens with zero attached hydrogens (tertiary/aromatic N) is 4. The van der Waals surface area contributed by atoms with Crippen LogP contribution in [0, 0.1) is 42.4 Å². The van der Waals surface area contributed by atoms with Crippen molar-refractivity contribution in [2.75, 3.05) is 0 Å². The Morgan fingerprint density at radius 3 is 2.17 bits per heavy atom. The smallest absolute Gasteiger partial charge is 0.243 e. The van der Waals surface area contributed by atoms with Gasteiger partial charge in [0, 0.05) is 19.4 Å². The number of allylic oxidation sites excluding steroid dienone is 2. The molecule has 0 N–H and O–H groups in total. The van der Waals surface area contributed by atoms with Crippen LogP contribution in [0.1, 0.15) is 51.3 Å². The van der Waals surface area contributed by atoms with Gasteiger partial charge < -0.3 is 8.83 Å². The van der Waals surface area contributed by atoms with Crippen molar-refractivity contribution in [2.24, 2.45) is 28.6 Å². The van der Waals surface area contributed by atoms with E-state index in [1.54, 1.807) is 0 Å². The van der Waals surface area contributed by atoms with Gasteiger partial charge in [0.2, 0.25) is 23.6 Å². The monoisotopic (exact) mass is 326 g/mol. The summed E-state index contributed by atoms with van der Waals surface area (Å²) >= 11 is 0. The first kappa shape index (κ1) is 14.4. The molecule has 0 spiro atoms. The SMILES string of the molecule is Cc1nnc(C2=C[C@H]3C(C)(C)[C@@]3(c3nnc(C)o3)[C@H]3[C@@H]2C3(C)C)o1. The van der Waals surface area contributed by atoms with E-state index in [4.69, 9.17) is 8.83 Å². The third-order valence-corrected chi connectivity index (χ3v) is 6.90. The van der Waals surface area contributed by atoms with Crippen molar-refractivity contribution in [2.45, 2.75) is 47.0 Å². The molecular weight excluding hydrogens is 304 g/mol. The summed E-state index contributed by atoms with van der Waals surface area (Å²) in [5.74, 6) is 3.92. The summed E-state index contributed by atoms with van der Waals surface area (Å²) in [5, 5.41) is 16.8. The van der Waals surface area contributed by atoms with Crippen molar-refractivity contribution in [3.8, 4) is 0 Å². The van der Waals surface area contributed by atoms with Gasteiger partial charge in [0.05, 0.1) is 5.41 Å². The van der Waals surface area contributed by atoms with Crippen LogP contribution in [0.3, 0.4) is 0 Å². The number of hydrogen-bond acceptors (Lipinski definition) is 6. The molecule has 2 aromatic heterocycles. The van der Waals surface area contributed by atoms with Crippen molar-refractivity contribution < 1.29 is 8.83 Å². The normalized spacial score (nSPS) is 37.4. The van der Waals surface area contributed by atoms with Crippen LogP contribution in [0.4, 0.5) is 0 Å². The Bertz CT molecular complexity index is 890. The maximum atomic E-state index is 5.94. The Hall–Kier alpha value is -1.98. The van der Waals surface area contributed by atoms with Crippen LogP contribution < -0.4 is 0 Å². The molecule has 4 atom stereocenters. The molecule has 6 heteroatoms. The molecule has 2 aromatic rings. The Morgan fingerprint density at radius 2 is 1.58 bits per heavy atom. The molecule has 0 aliphatic heterocycles. The average Bonchev–Trinajstić information content (AvgIpc) is 3.00. The Balaban J connectivity index is 1.69. The summed E-state index contributed by atoms with van der Waals surface area (Å²) in [6.45, 7) is 12.9. The largest absolute Gasteiger partial charge is 0.425 e. The fraction of sp³-hybridized carbons (Fsp3) is 0.667. The molecule has 0 unspecified atom stereocenters. The van der Waals surface area contributed by atoms with Crippen LogP contribution in [0.25, 0.3) is 5.57 Å². The number of rotatable bonds is 2. The average molecular weight is 326 g/mol. The topological polar surface area (TPSA) is 77.8 Å². The number of hydrogen-bond donors (Lipinski definition) is 0. The Morgan fingerprint density at radius 1 is 0.917 bits per heavy atom. The van der Waals surface area contributed by atoms with E-state index in [-0.39, 0.29) is 16.2 Å². The first-order valence-electron chi connectivity index (χ1n) is 8.55. The molecule has 0 radical (unpaired) electrons. The third-order valence-electron chi connectivity index (χ3n) is 6.90. The molecule has 24 heavy (non-hydrogen) atoms. The summed E-state index contributed by atoms with van der Waals surface area (Å²) in [6.07, 6.45) is 2.34. The first-order valence-corrected chi connectivity index (χ1v) is 8.55. The predicted molar refractivity (Wildman–Crippen MR) is 85.8 cm³/mol. The minimum atomic E-state index is -0.0685. The van der Waals surface area contributed by atoms with Crippen LogP contribution in [0.2, 0.25) is 0 Å². The lowest BCUT2D eigenvalue weighted by Crippen LogP contribution is -2.23. The predicted octanol–water partition coefficient (Wildman–Crippen LogP) is 3.33. The second kappa shape index (κ2) is 3.81. The van der Waals surface area contributed by atoms with Crippen LogP contribution in [-0.2, 0) is 5.41 Å². The zero-order valence-corrected chi connectivity index (χ0v) is 14.9. The lowest BCUT2D eigenvalue weighted by Gasteiger charge is -2.19. The van der Waals surface area contributed by atoms with Crippen molar-refractivity contribution >= 4 is 5.57 Å². The summed E-state index contributed by atoms with van der Waals surface area (Å²) in [6, 6.07) is 0. The first-order chi connectivity index (χ1) is 11.2. The zero-order valence-electron chi connectivity index (χ0n) is 14.9. The quantitative estimate of drug-likeness (QED) is 0.842. The van der Waals surface area contributed by atoms with Crippen LogP contribution in [0.5, 0.6) is 0 Å². The van der Waals surface area contributed by atoms with E-state index in [0.29, 0.717) is 35.4 Å². The number of aromatic nitrogens is 4. The molecule has 2 saturated carbocycles. The molecular formula is C18H22N4O2. The van der Waals surface area contributed by atoms with Gasteiger partial charge in [-0.2, -0.15) is 0 Å². The minimum absolute atomic E-state index is 0.0685. The van der Waals surface area contributed by atoms with E-state index >= 15 is 0 Å². The minimum Gasteiger partial charge on any atom is -0.425 e. The third kappa shape index (κ3) is 1.36. The maximum Gasteiger partial charge on any atom is 0.243 e. The highest BCUT2D eigenvalue weighted by Crippen LogP contribution is 2.87. The van der Waals surface area contributed by atoms with E-state index in [0.717, 1.165) is 5.89 Å². The fourth-order valence-corrected chi connectivity index (χ4v) is 5.75. The van der Waals surface area contributed by atoms with Crippen molar-refractivity contribution in [1.82, 2.24) is 20.4 Å². The maximum absolute atomic E-state index is 5.94. The molecule has 5 rings (SSSR count). The van der Waals surface area contributed by atoms with E-state index < -0.39 is 0 Å². The summed E-state index contributed by atoms with van der Waals surface area (Å²) in [7, 11) is 0. The van der Waals surface area contributed by atoms with Crippen molar-refractivity contribution in [3.63, 3.8) is 0 Å².